The van der Waals surface area contributed by atoms with Crippen LogP contribution in [-0.4, -0.2) is 48.9 Å². The van der Waals surface area contributed by atoms with Crippen molar-refractivity contribution >= 4 is 11.8 Å². The number of hydrogen-bond acceptors (Lipinski definition) is 4. The highest BCUT2D eigenvalue weighted by atomic mass is 16.2. The summed E-state index contributed by atoms with van der Waals surface area (Å²) in [5.74, 6) is -0.392. The standard InChI is InChI=1S/C15H22N4O2/c1-19(2)8-7-17-14(20)12-9-13(12)15(21)18-10-11-3-5-16-6-4-11/h3-6,12-13H,7-10H2,1-2H3,(H,17,20)(H,18,21). The summed E-state index contributed by atoms with van der Waals surface area (Å²) in [5, 5.41) is 5.73. The molecule has 0 aromatic carbocycles. The third kappa shape index (κ3) is 4.82. The summed E-state index contributed by atoms with van der Waals surface area (Å²) in [6.45, 7) is 1.90. The molecule has 2 unspecified atom stereocenters. The maximum absolute atomic E-state index is 12.0. The fourth-order valence-corrected chi connectivity index (χ4v) is 2.13. The van der Waals surface area contributed by atoms with Gasteiger partial charge in [0.25, 0.3) is 0 Å². The summed E-state index contributed by atoms with van der Waals surface area (Å²) in [6, 6.07) is 3.72. The number of amides is 2. The highest BCUT2D eigenvalue weighted by molar-refractivity contribution is 5.92. The van der Waals surface area contributed by atoms with Crippen LogP contribution < -0.4 is 10.6 Å². The monoisotopic (exact) mass is 290 g/mol. The van der Waals surface area contributed by atoms with Crippen LogP contribution in [0.3, 0.4) is 0 Å². The molecule has 1 heterocycles. The number of nitrogens with zero attached hydrogens (tertiary/aromatic N) is 2. The van der Waals surface area contributed by atoms with Crippen LogP contribution in [0.25, 0.3) is 0 Å². The number of carbonyl (C=O) groups is 2. The minimum Gasteiger partial charge on any atom is -0.355 e. The first-order chi connectivity index (χ1) is 10.1. The molecule has 0 aliphatic heterocycles. The van der Waals surface area contributed by atoms with E-state index in [1.54, 1.807) is 12.4 Å². The van der Waals surface area contributed by atoms with Gasteiger partial charge < -0.3 is 15.5 Å². The smallest absolute Gasteiger partial charge is 0.224 e. The molecule has 6 heteroatoms. The predicted octanol–water partition coefficient (Wildman–Crippen LogP) is 0.0117. The maximum atomic E-state index is 12.0. The zero-order valence-corrected chi connectivity index (χ0v) is 12.5. The lowest BCUT2D eigenvalue weighted by Crippen LogP contribution is -2.34. The number of pyridine rings is 1. The van der Waals surface area contributed by atoms with E-state index in [2.05, 4.69) is 15.6 Å². The van der Waals surface area contributed by atoms with E-state index in [0.29, 0.717) is 19.5 Å². The average Bonchev–Trinajstić information content (AvgIpc) is 3.26. The number of aromatic nitrogens is 1. The molecule has 2 N–H and O–H groups in total. The van der Waals surface area contributed by atoms with Crippen LogP contribution in [-0.2, 0) is 16.1 Å². The van der Waals surface area contributed by atoms with E-state index in [0.717, 1.165) is 12.1 Å². The van der Waals surface area contributed by atoms with Crippen LogP contribution in [0.4, 0.5) is 0 Å². The van der Waals surface area contributed by atoms with E-state index in [9.17, 15) is 9.59 Å². The van der Waals surface area contributed by atoms with Crippen molar-refractivity contribution in [3.05, 3.63) is 30.1 Å². The molecule has 0 radical (unpaired) electrons. The fraction of sp³-hybridized carbons (Fsp3) is 0.533. The molecule has 114 valence electrons. The van der Waals surface area contributed by atoms with Crippen molar-refractivity contribution in [1.82, 2.24) is 20.5 Å². The van der Waals surface area contributed by atoms with E-state index in [4.69, 9.17) is 0 Å². The molecule has 6 nitrogen and oxygen atoms in total. The largest absolute Gasteiger partial charge is 0.355 e. The zero-order valence-electron chi connectivity index (χ0n) is 12.5. The molecular weight excluding hydrogens is 268 g/mol. The quantitative estimate of drug-likeness (QED) is 0.742. The molecule has 0 saturated heterocycles. The lowest BCUT2D eigenvalue weighted by atomic mass is 10.2. The number of nitrogens with one attached hydrogen (secondary N) is 2. The Balaban J connectivity index is 1.67. The van der Waals surface area contributed by atoms with Gasteiger partial charge in [0, 0.05) is 32.0 Å². The summed E-state index contributed by atoms with van der Waals surface area (Å²) >= 11 is 0. The lowest BCUT2D eigenvalue weighted by Gasteiger charge is -2.10. The second-order valence-electron chi connectivity index (χ2n) is 5.62. The summed E-state index contributed by atoms with van der Waals surface area (Å²) < 4.78 is 0. The summed E-state index contributed by atoms with van der Waals surface area (Å²) in [7, 11) is 3.91. The number of rotatable bonds is 7. The first-order valence-electron chi connectivity index (χ1n) is 7.17. The van der Waals surface area contributed by atoms with Crippen LogP contribution in [0.5, 0.6) is 0 Å². The Hall–Kier alpha value is -1.95. The van der Waals surface area contributed by atoms with Crippen LogP contribution in [0.2, 0.25) is 0 Å². The molecule has 0 bridgehead atoms. The third-order valence-electron chi connectivity index (χ3n) is 3.54. The van der Waals surface area contributed by atoms with Gasteiger partial charge in [0.1, 0.15) is 0 Å². The Morgan fingerprint density at radius 2 is 1.81 bits per heavy atom. The number of carbonyl (C=O) groups excluding carboxylic acids is 2. The maximum Gasteiger partial charge on any atom is 0.224 e. The zero-order chi connectivity index (χ0) is 15.2. The average molecular weight is 290 g/mol. The lowest BCUT2D eigenvalue weighted by molar-refractivity contribution is -0.127. The Morgan fingerprint density at radius 1 is 1.19 bits per heavy atom. The third-order valence-corrected chi connectivity index (χ3v) is 3.54. The van der Waals surface area contributed by atoms with Crippen molar-refractivity contribution in [2.45, 2.75) is 13.0 Å². The number of likely N-dealkylation sites (N-methyl/N-ethyl adjacent to an activating group) is 1. The summed E-state index contributed by atoms with van der Waals surface area (Å²) in [5.41, 5.74) is 1.01. The van der Waals surface area contributed by atoms with Crippen LogP contribution in [0.15, 0.2) is 24.5 Å². The van der Waals surface area contributed by atoms with Crippen molar-refractivity contribution in [1.29, 1.82) is 0 Å². The SMILES string of the molecule is CN(C)CCNC(=O)C1CC1C(=O)NCc1ccncc1. The van der Waals surface area contributed by atoms with Gasteiger partial charge in [0.2, 0.25) is 11.8 Å². The summed E-state index contributed by atoms with van der Waals surface area (Å²) in [6.07, 6.45) is 4.04. The second kappa shape index (κ2) is 7.17. The van der Waals surface area contributed by atoms with Gasteiger partial charge in [-0.3, -0.25) is 14.6 Å². The molecule has 1 aliphatic carbocycles. The van der Waals surface area contributed by atoms with Gasteiger partial charge in [-0.2, -0.15) is 0 Å². The molecule has 1 aromatic rings. The van der Waals surface area contributed by atoms with Crippen LogP contribution >= 0.6 is 0 Å². The molecule has 2 amide bonds. The number of hydrogen-bond donors (Lipinski definition) is 2. The molecule has 1 fully saturated rings. The van der Waals surface area contributed by atoms with Gasteiger partial charge >= 0.3 is 0 Å². The molecule has 21 heavy (non-hydrogen) atoms. The van der Waals surface area contributed by atoms with Gasteiger partial charge in [-0.1, -0.05) is 0 Å². The second-order valence-corrected chi connectivity index (χ2v) is 5.62. The Kier molecular flexibility index (Phi) is 5.27. The van der Waals surface area contributed by atoms with Gasteiger partial charge in [-0.05, 0) is 38.2 Å². The first-order valence-corrected chi connectivity index (χ1v) is 7.17. The molecule has 2 atom stereocenters. The van der Waals surface area contributed by atoms with E-state index in [-0.39, 0.29) is 23.7 Å². The Bertz CT molecular complexity index is 490. The highest BCUT2D eigenvalue weighted by Gasteiger charge is 2.47. The Morgan fingerprint density at radius 3 is 2.43 bits per heavy atom. The molecule has 2 rings (SSSR count). The van der Waals surface area contributed by atoms with Crippen molar-refractivity contribution in [3.8, 4) is 0 Å². The van der Waals surface area contributed by atoms with Crippen molar-refractivity contribution in [2.24, 2.45) is 11.8 Å². The van der Waals surface area contributed by atoms with Crippen LogP contribution in [0.1, 0.15) is 12.0 Å². The normalized spacial score (nSPS) is 20.1. The molecule has 1 saturated carbocycles. The van der Waals surface area contributed by atoms with Crippen molar-refractivity contribution in [2.75, 3.05) is 27.2 Å². The minimum atomic E-state index is -0.175. The van der Waals surface area contributed by atoms with Gasteiger partial charge in [0.15, 0.2) is 0 Å². The topological polar surface area (TPSA) is 74.3 Å². The van der Waals surface area contributed by atoms with E-state index in [1.807, 2.05) is 31.1 Å². The highest BCUT2D eigenvalue weighted by Crippen LogP contribution is 2.38. The van der Waals surface area contributed by atoms with E-state index >= 15 is 0 Å². The molecular formula is C15H22N4O2. The minimum absolute atomic E-state index is 0.0130. The van der Waals surface area contributed by atoms with Crippen molar-refractivity contribution < 1.29 is 9.59 Å². The van der Waals surface area contributed by atoms with E-state index in [1.165, 1.54) is 0 Å². The predicted molar refractivity (Wildman–Crippen MR) is 79.2 cm³/mol. The van der Waals surface area contributed by atoms with Gasteiger partial charge in [-0.15, -0.1) is 0 Å². The molecule has 0 spiro atoms. The Labute approximate surface area is 124 Å². The first kappa shape index (κ1) is 15.4. The van der Waals surface area contributed by atoms with Gasteiger partial charge in [0.05, 0.1) is 11.8 Å². The van der Waals surface area contributed by atoms with Crippen LogP contribution in [0, 0.1) is 11.8 Å². The summed E-state index contributed by atoms with van der Waals surface area (Å²) in [4.78, 5) is 29.8. The molecule has 1 aliphatic rings. The van der Waals surface area contributed by atoms with Gasteiger partial charge in [-0.25, -0.2) is 0 Å². The fourth-order valence-electron chi connectivity index (χ4n) is 2.13. The van der Waals surface area contributed by atoms with Crippen molar-refractivity contribution in [3.63, 3.8) is 0 Å². The molecule has 1 aromatic heterocycles. The van der Waals surface area contributed by atoms with E-state index < -0.39 is 0 Å².